The van der Waals surface area contributed by atoms with Crippen LogP contribution in [0.3, 0.4) is 0 Å². The Morgan fingerprint density at radius 1 is 0.800 bits per heavy atom. The second kappa shape index (κ2) is 4.80. The normalized spacial score (nSPS) is 16.6. The second-order valence-corrected chi connectivity index (χ2v) is 26.1. The Hall–Kier alpha value is -0.129. The summed E-state index contributed by atoms with van der Waals surface area (Å²) in [5.74, 6) is 0. The van der Waals surface area contributed by atoms with Gasteiger partial charge in [0.2, 0.25) is 0 Å². The standard InChI is InChI=1S/C12H26Si3/c1-9-13(4,5)12-15(8,11-3)14(6,7)10-2/h9-11H,1-3,12H2,4-8H3. The summed E-state index contributed by atoms with van der Waals surface area (Å²) in [6.45, 7) is 24.3. The molecular formula is C12H26Si3. The molecule has 15 heavy (non-hydrogen) atoms. The van der Waals surface area contributed by atoms with Crippen molar-refractivity contribution in [3.05, 3.63) is 36.8 Å². The summed E-state index contributed by atoms with van der Waals surface area (Å²) >= 11 is 0. The highest BCUT2D eigenvalue weighted by atomic mass is 29.3. The average molecular weight is 255 g/mol. The third kappa shape index (κ3) is 3.43. The third-order valence-electron chi connectivity index (χ3n) is 3.81. The third-order valence-corrected chi connectivity index (χ3v) is 28.0. The van der Waals surface area contributed by atoms with E-state index in [-0.39, 0.29) is 0 Å². The largest absolute Gasteiger partial charge is 0.107 e. The Morgan fingerprint density at radius 2 is 1.27 bits per heavy atom. The summed E-state index contributed by atoms with van der Waals surface area (Å²) in [6.07, 6.45) is 0. The summed E-state index contributed by atoms with van der Waals surface area (Å²) in [7, 11) is -3.84. The minimum Gasteiger partial charge on any atom is -0.107 e. The van der Waals surface area contributed by atoms with Crippen LogP contribution in [0.15, 0.2) is 36.8 Å². The van der Waals surface area contributed by atoms with E-state index in [2.05, 4.69) is 69.6 Å². The van der Waals surface area contributed by atoms with Gasteiger partial charge < -0.3 is 0 Å². The second-order valence-electron chi connectivity index (χ2n) is 5.92. The Kier molecular flexibility index (Phi) is 4.76. The fourth-order valence-corrected chi connectivity index (χ4v) is 24.5. The van der Waals surface area contributed by atoms with Crippen molar-refractivity contribution in [1.29, 1.82) is 0 Å². The molecule has 3 heteroatoms. The van der Waals surface area contributed by atoms with Crippen LogP contribution in [0.4, 0.5) is 0 Å². The van der Waals surface area contributed by atoms with Crippen molar-refractivity contribution in [2.24, 2.45) is 0 Å². The Bertz CT molecular complexity index is 266. The summed E-state index contributed by atoms with van der Waals surface area (Å²) in [4.78, 5) is 0. The molecule has 0 amide bonds. The van der Waals surface area contributed by atoms with Gasteiger partial charge in [0.05, 0.1) is 23.3 Å². The topological polar surface area (TPSA) is 0 Å². The van der Waals surface area contributed by atoms with Crippen molar-refractivity contribution in [3.63, 3.8) is 0 Å². The lowest BCUT2D eigenvalue weighted by atomic mass is 11.3. The summed E-state index contributed by atoms with van der Waals surface area (Å²) < 4.78 is 0. The van der Waals surface area contributed by atoms with Crippen molar-refractivity contribution in [1.82, 2.24) is 0 Å². The van der Waals surface area contributed by atoms with Gasteiger partial charge in [0.25, 0.3) is 0 Å². The molecular weight excluding hydrogens is 228 g/mol. The molecule has 0 aliphatic rings. The molecule has 1 atom stereocenters. The maximum Gasteiger partial charge on any atom is 0.0692 e. The van der Waals surface area contributed by atoms with Gasteiger partial charge in [-0.15, -0.1) is 36.8 Å². The molecule has 0 heterocycles. The first kappa shape index (κ1) is 14.9. The number of hydrogen-bond donors (Lipinski definition) is 0. The van der Waals surface area contributed by atoms with Crippen molar-refractivity contribution >= 4 is 23.3 Å². The molecule has 0 aromatic heterocycles. The van der Waals surface area contributed by atoms with Crippen molar-refractivity contribution in [3.8, 4) is 0 Å². The molecule has 0 aliphatic heterocycles. The first-order chi connectivity index (χ1) is 6.64. The van der Waals surface area contributed by atoms with Crippen LogP contribution in [0.5, 0.6) is 0 Å². The summed E-state index contributed by atoms with van der Waals surface area (Å²) in [5.41, 5.74) is 8.13. The zero-order chi connectivity index (χ0) is 12.3. The fourth-order valence-electron chi connectivity index (χ4n) is 1.81. The highest BCUT2D eigenvalue weighted by Gasteiger charge is 2.43. The van der Waals surface area contributed by atoms with Gasteiger partial charge in [-0.1, -0.05) is 38.4 Å². The Balaban J connectivity index is 5.12. The van der Waals surface area contributed by atoms with Gasteiger partial charge in [-0.05, 0) is 0 Å². The van der Waals surface area contributed by atoms with Crippen molar-refractivity contribution in [2.75, 3.05) is 0 Å². The van der Waals surface area contributed by atoms with Crippen LogP contribution in [0.25, 0.3) is 0 Å². The average Bonchev–Trinajstić information content (AvgIpc) is 2.16. The fraction of sp³-hybridized carbons (Fsp3) is 0.500. The quantitative estimate of drug-likeness (QED) is 0.621. The van der Waals surface area contributed by atoms with Gasteiger partial charge in [-0.25, -0.2) is 0 Å². The molecule has 0 saturated carbocycles. The molecule has 0 N–H and O–H groups in total. The molecule has 86 valence electrons. The van der Waals surface area contributed by atoms with E-state index in [0.717, 1.165) is 0 Å². The van der Waals surface area contributed by atoms with Crippen LogP contribution in [-0.2, 0) is 0 Å². The molecule has 0 aliphatic carbocycles. The van der Waals surface area contributed by atoms with Gasteiger partial charge in [0, 0.05) is 0 Å². The number of rotatable bonds is 6. The SMILES string of the molecule is C=C[Si](C)(C)C[Si](C)(C=C)[Si](C)(C)C=C. The first-order valence-corrected chi connectivity index (χ1v) is 15.7. The maximum absolute atomic E-state index is 4.10. The van der Waals surface area contributed by atoms with Crippen molar-refractivity contribution in [2.45, 2.75) is 38.4 Å². The maximum atomic E-state index is 4.10. The summed E-state index contributed by atoms with van der Waals surface area (Å²) in [6, 6.07) is 0. The summed E-state index contributed by atoms with van der Waals surface area (Å²) in [5, 5.41) is 0. The van der Waals surface area contributed by atoms with E-state index >= 15 is 0 Å². The van der Waals surface area contributed by atoms with E-state index in [1.807, 2.05) is 0 Å². The van der Waals surface area contributed by atoms with Gasteiger partial charge in [-0.2, -0.15) is 0 Å². The first-order valence-electron chi connectivity index (χ1n) is 5.55. The molecule has 0 aromatic rings. The smallest absolute Gasteiger partial charge is 0.0692 e. The number of hydrogen-bond acceptors (Lipinski definition) is 0. The van der Waals surface area contributed by atoms with Crippen LogP contribution in [0.1, 0.15) is 0 Å². The lowest BCUT2D eigenvalue weighted by Gasteiger charge is -2.40. The van der Waals surface area contributed by atoms with Crippen LogP contribution in [0, 0.1) is 0 Å². The van der Waals surface area contributed by atoms with Crippen LogP contribution in [-0.4, -0.2) is 23.3 Å². The van der Waals surface area contributed by atoms with E-state index in [1.54, 1.807) is 0 Å². The zero-order valence-electron chi connectivity index (χ0n) is 11.1. The predicted octanol–water partition coefficient (Wildman–Crippen LogP) is 4.28. The Labute approximate surface area is 98.6 Å². The van der Waals surface area contributed by atoms with Gasteiger partial charge in [-0.3, -0.25) is 0 Å². The minimum absolute atomic E-state index is 1.22. The van der Waals surface area contributed by atoms with E-state index in [9.17, 15) is 0 Å². The molecule has 0 radical (unpaired) electrons. The molecule has 0 nitrogen and oxygen atoms in total. The molecule has 0 aromatic carbocycles. The predicted molar refractivity (Wildman–Crippen MR) is 82.0 cm³/mol. The van der Waals surface area contributed by atoms with E-state index < -0.39 is 23.3 Å². The minimum atomic E-state index is -1.33. The van der Waals surface area contributed by atoms with Gasteiger partial charge in [0.15, 0.2) is 0 Å². The monoisotopic (exact) mass is 254 g/mol. The Morgan fingerprint density at radius 3 is 1.53 bits per heavy atom. The molecule has 0 fully saturated rings. The van der Waals surface area contributed by atoms with Gasteiger partial charge in [0.1, 0.15) is 0 Å². The lowest BCUT2D eigenvalue weighted by molar-refractivity contribution is 1.61. The lowest BCUT2D eigenvalue weighted by Crippen LogP contribution is -2.58. The highest BCUT2D eigenvalue weighted by molar-refractivity contribution is 7.47. The van der Waals surface area contributed by atoms with Crippen LogP contribution < -0.4 is 0 Å². The molecule has 1 unspecified atom stereocenters. The molecule has 0 spiro atoms. The zero-order valence-corrected chi connectivity index (χ0v) is 14.1. The van der Waals surface area contributed by atoms with E-state index in [4.69, 9.17) is 0 Å². The highest BCUT2D eigenvalue weighted by Crippen LogP contribution is 2.30. The molecule has 0 saturated heterocycles. The van der Waals surface area contributed by atoms with Crippen molar-refractivity contribution < 1.29 is 0 Å². The van der Waals surface area contributed by atoms with Gasteiger partial charge >= 0.3 is 0 Å². The van der Waals surface area contributed by atoms with E-state index in [1.165, 1.54) is 5.67 Å². The van der Waals surface area contributed by atoms with Crippen LogP contribution >= 0.6 is 0 Å². The molecule has 0 bridgehead atoms. The van der Waals surface area contributed by atoms with E-state index in [0.29, 0.717) is 0 Å². The van der Waals surface area contributed by atoms with Crippen LogP contribution in [0.2, 0.25) is 38.4 Å². The molecule has 0 rings (SSSR count).